The van der Waals surface area contributed by atoms with Crippen LogP contribution in [0.2, 0.25) is 5.02 Å². The zero-order valence-electron chi connectivity index (χ0n) is 19.3. The molecule has 0 saturated carbocycles. The average molecular weight is 455 g/mol. The Bertz CT molecular complexity index is 1350. The molecule has 33 heavy (non-hydrogen) atoms. The SMILES string of the molecule is CN(C)c1ccc(C2(c3ccccc3N(C)C)C=CC3=Cc4ccc(Cl)cc4C3=C2)c(O)c1. The molecule has 3 nitrogen and oxygen atoms in total. The maximum absolute atomic E-state index is 11.3. The third-order valence-electron chi connectivity index (χ3n) is 6.60. The van der Waals surface area contributed by atoms with E-state index < -0.39 is 5.41 Å². The third-order valence-corrected chi connectivity index (χ3v) is 6.84. The molecule has 4 heteroatoms. The lowest BCUT2D eigenvalue weighted by atomic mass is 9.69. The van der Waals surface area contributed by atoms with Crippen LogP contribution in [0.3, 0.4) is 0 Å². The van der Waals surface area contributed by atoms with Crippen molar-refractivity contribution in [2.24, 2.45) is 0 Å². The first kappa shape index (κ1) is 21.4. The normalized spacial score (nSPS) is 18.3. The van der Waals surface area contributed by atoms with Crippen molar-refractivity contribution in [3.63, 3.8) is 0 Å². The molecule has 5 rings (SSSR count). The van der Waals surface area contributed by atoms with Gasteiger partial charge in [-0.25, -0.2) is 0 Å². The van der Waals surface area contributed by atoms with Crippen LogP contribution in [0.4, 0.5) is 11.4 Å². The van der Waals surface area contributed by atoms with E-state index in [-0.39, 0.29) is 5.75 Å². The van der Waals surface area contributed by atoms with E-state index in [0.29, 0.717) is 0 Å². The Morgan fingerprint density at radius 1 is 0.848 bits per heavy atom. The van der Waals surface area contributed by atoms with Crippen molar-refractivity contribution in [3.8, 4) is 5.75 Å². The zero-order valence-corrected chi connectivity index (χ0v) is 20.1. The fourth-order valence-electron chi connectivity index (χ4n) is 4.93. The number of benzene rings is 3. The summed E-state index contributed by atoms with van der Waals surface area (Å²) >= 11 is 6.38. The number of anilines is 2. The van der Waals surface area contributed by atoms with Gasteiger partial charge in [-0.05, 0) is 58.2 Å². The van der Waals surface area contributed by atoms with Crippen molar-refractivity contribution in [3.05, 3.63) is 112 Å². The fourth-order valence-corrected chi connectivity index (χ4v) is 5.10. The molecule has 0 bridgehead atoms. The summed E-state index contributed by atoms with van der Waals surface area (Å²) in [6.07, 6.45) is 8.87. The first-order valence-electron chi connectivity index (χ1n) is 11.0. The molecule has 1 unspecified atom stereocenters. The van der Waals surface area contributed by atoms with Gasteiger partial charge in [0.05, 0.1) is 5.41 Å². The standard InChI is InChI=1S/C29H27ClN2O/c1-31(2)22-11-12-26(28(33)17-22)29(25-7-5-6-8-27(25)32(3)4)14-13-20-15-19-9-10-21(30)16-23(19)24(20)18-29/h5-18,33H,1-4H3. The fraction of sp³-hybridized carbons (Fsp3) is 0.172. The van der Waals surface area contributed by atoms with Gasteiger partial charge in [-0.1, -0.05) is 60.2 Å². The summed E-state index contributed by atoms with van der Waals surface area (Å²) in [6.45, 7) is 0. The van der Waals surface area contributed by atoms with E-state index in [1.54, 1.807) is 0 Å². The molecule has 0 radical (unpaired) electrons. The molecule has 0 spiro atoms. The van der Waals surface area contributed by atoms with Crippen LogP contribution in [0.25, 0.3) is 11.6 Å². The van der Waals surface area contributed by atoms with Crippen LogP contribution in [0.1, 0.15) is 22.3 Å². The molecule has 0 amide bonds. The highest BCUT2D eigenvalue weighted by molar-refractivity contribution is 6.31. The van der Waals surface area contributed by atoms with Crippen LogP contribution >= 0.6 is 11.6 Å². The van der Waals surface area contributed by atoms with Gasteiger partial charge in [-0.2, -0.15) is 0 Å². The molecule has 2 aliphatic carbocycles. The van der Waals surface area contributed by atoms with E-state index >= 15 is 0 Å². The molecule has 0 heterocycles. The summed E-state index contributed by atoms with van der Waals surface area (Å²) in [6, 6.07) is 20.4. The lowest BCUT2D eigenvalue weighted by molar-refractivity contribution is 0.463. The van der Waals surface area contributed by atoms with Gasteiger partial charge in [0.25, 0.3) is 0 Å². The van der Waals surface area contributed by atoms with Crippen molar-refractivity contribution < 1.29 is 5.11 Å². The number of phenols is 1. The minimum atomic E-state index is -0.646. The number of hydrogen-bond donors (Lipinski definition) is 1. The molecule has 3 aromatic rings. The number of phenolic OH excluding ortho intramolecular Hbond substituents is 1. The second kappa shape index (κ2) is 7.86. The molecule has 0 aromatic heterocycles. The minimum Gasteiger partial charge on any atom is -0.508 e. The van der Waals surface area contributed by atoms with E-state index in [9.17, 15) is 5.11 Å². The van der Waals surface area contributed by atoms with Crippen LogP contribution in [0.5, 0.6) is 5.75 Å². The molecule has 0 saturated heterocycles. The Hall–Kier alpha value is -3.43. The van der Waals surface area contributed by atoms with E-state index in [0.717, 1.165) is 49.8 Å². The number of aromatic hydroxyl groups is 1. The third kappa shape index (κ3) is 3.44. The quantitative estimate of drug-likeness (QED) is 0.486. The maximum atomic E-state index is 11.3. The average Bonchev–Trinajstić information content (AvgIpc) is 3.15. The van der Waals surface area contributed by atoms with E-state index in [1.165, 1.54) is 0 Å². The number of hydrogen-bond acceptors (Lipinski definition) is 3. The van der Waals surface area contributed by atoms with Gasteiger partial charge in [-0.3, -0.25) is 0 Å². The molecule has 0 fully saturated rings. The van der Waals surface area contributed by atoms with Crippen molar-refractivity contribution >= 4 is 34.6 Å². The number of nitrogens with zero attached hydrogens (tertiary/aromatic N) is 2. The Morgan fingerprint density at radius 3 is 2.36 bits per heavy atom. The summed E-state index contributed by atoms with van der Waals surface area (Å²) < 4.78 is 0. The van der Waals surface area contributed by atoms with Crippen LogP contribution in [0, 0.1) is 0 Å². The van der Waals surface area contributed by atoms with Crippen LogP contribution < -0.4 is 9.80 Å². The summed E-state index contributed by atoms with van der Waals surface area (Å²) in [5.74, 6) is 0.271. The van der Waals surface area contributed by atoms with E-state index in [1.807, 2.05) is 43.3 Å². The van der Waals surface area contributed by atoms with E-state index in [4.69, 9.17) is 11.6 Å². The van der Waals surface area contributed by atoms with Gasteiger partial charge in [0, 0.05) is 56.2 Å². The molecule has 2 aliphatic rings. The summed E-state index contributed by atoms with van der Waals surface area (Å²) in [4.78, 5) is 4.12. The topological polar surface area (TPSA) is 26.7 Å². The van der Waals surface area contributed by atoms with Gasteiger partial charge >= 0.3 is 0 Å². The largest absolute Gasteiger partial charge is 0.508 e. The van der Waals surface area contributed by atoms with Crippen molar-refractivity contribution in [2.75, 3.05) is 38.0 Å². The number of rotatable bonds is 4. The van der Waals surface area contributed by atoms with Crippen molar-refractivity contribution in [1.82, 2.24) is 0 Å². The van der Waals surface area contributed by atoms with Crippen LogP contribution in [-0.2, 0) is 5.41 Å². The van der Waals surface area contributed by atoms with Gasteiger partial charge in [0.2, 0.25) is 0 Å². The maximum Gasteiger partial charge on any atom is 0.122 e. The highest BCUT2D eigenvalue weighted by Crippen LogP contribution is 2.51. The second-order valence-electron chi connectivity index (χ2n) is 9.10. The Labute approximate surface area is 200 Å². The van der Waals surface area contributed by atoms with E-state index in [2.05, 4.69) is 79.7 Å². The molecule has 1 atom stereocenters. The number of allylic oxidation sites excluding steroid dienone is 5. The monoisotopic (exact) mass is 454 g/mol. The lowest BCUT2D eigenvalue weighted by Crippen LogP contribution is -2.28. The molecule has 0 aliphatic heterocycles. The van der Waals surface area contributed by atoms with Gasteiger partial charge < -0.3 is 14.9 Å². The molecule has 3 aromatic carbocycles. The Kier molecular flexibility index (Phi) is 5.10. The first-order chi connectivity index (χ1) is 15.8. The van der Waals surface area contributed by atoms with Crippen LogP contribution in [0.15, 0.2) is 84.5 Å². The summed E-state index contributed by atoms with van der Waals surface area (Å²) in [7, 11) is 8.06. The molecular formula is C29H27ClN2O. The van der Waals surface area contributed by atoms with Crippen molar-refractivity contribution in [2.45, 2.75) is 5.41 Å². The second-order valence-corrected chi connectivity index (χ2v) is 9.54. The Morgan fingerprint density at radius 2 is 1.64 bits per heavy atom. The van der Waals surface area contributed by atoms with Crippen molar-refractivity contribution in [1.29, 1.82) is 0 Å². The van der Waals surface area contributed by atoms with Gasteiger partial charge in [-0.15, -0.1) is 0 Å². The number of halogens is 1. The predicted molar refractivity (Wildman–Crippen MR) is 141 cm³/mol. The minimum absolute atomic E-state index is 0.271. The Balaban J connectivity index is 1.82. The smallest absolute Gasteiger partial charge is 0.122 e. The lowest BCUT2D eigenvalue weighted by Gasteiger charge is -2.36. The zero-order chi connectivity index (χ0) is 23.3. The number of fused-ring (bicyclic) bond motifs is 3. The summed E-state index contributed by atoms with van der Waals surface area (Å²) in [5, 5.41) is 12.0. The highest BCUT2D eigenvalue weighted by Gasteiger charge is 2.38. The highest BCUT2D eigenvalue weighted by atomic mass is 35.5. The number of para-hydroxylation sites is 1. The molecule has 166 valence electrons. The van der Waals surface area contributed by atoms with Gasteiger partial charge in [0.1, 0.15) is 5.75 Å². The summed E-state index contributed by atoms with van der Waals surface area (Å²) in [5.41, 5.74) is 7.96. The molecular weight excluding hydrogens is 428 g/mol. The van der Waals surface area contributed by atoms with Crippen LogP contribution in [-0.4, -0.2) is 33.3 Å². The predicted octanol–water partition coefficient (Wildman–Crippen LogP) is 6.51. The van der Waals surface area contributed by atoms with Gasteiger partial charge in [0.15, 0.2) is 0 Å². The molecule has 1 N–H and O–H groups in total. The first-order valence-corrected chi connectivity index (χ1v) is 11.4.